The zero-order valence-electron chi connectivity index (χ0n) is 21.6. The normalized spacial score (nSPS) is 20.2. The van der Waals surface area contributed by atoms with E-state index >= 15 is 0 Å². The highest BCUT2D eigenvalue weighted by Gasteiger charge is 2.36. The van der Waals surface area contributed by atoms with E-state index < -0.39 is 0 Å². The number of fused-ring (bicyclic) bond motifs is 7. The lowest BCUT2D eigenvalue weighted by atomic mass is 10.1. The molecule has 2 amide bonds. The number of amides is 2. The highest BCUT2D eigenvalue weighted by atomic mass is 16.5. The zero-order chi connectivity index (χ0) is 26.6. The maximum absolute atomic E-state index is 13.3. The molecule has 3 aliphatic heterocycles. The van der Waals surface area contributed by atoms with Gasteiger partial charge in [0.25, 0.3) is 11.8 Å². The minimum Gasteiger partial charge on any atom is -0.493 e. The Morgan fingerprint density at radius 2 is 1.92 bits per heavy atom. The van der Waals surface area contributed by atoms with E-state index in [9.17, 15) is 9.59 Å². The first kappa shape index (κ1) is 25.5. The molecular weight excluding hydrogens is 490 g/mol. The highest BCUT2D eigenvalue weighted by Crippen LogP contribution is 2.29. The molecule has 3 aromatic rings. The Bertz CT molecular complexity index is 1290. The lowest BCUT2D eigenvalue weighted by molar-refractivity contribution is -0.123. The Morgan fingerprint density at radius 1 is 1.11 bits per heavy atom. The van der Waals surface area contributed by atoms with Crippen LogP contribution in [0.5, 0.6) is 17.2 Å². The summed E-state index contributed by atoms with van der Waals surface area (Å²) in [4.78, 5) is 27.7. The molecule has 0 aliphatic carbocycles. The van der Waals surface area contributed by atoms with Crippen LogP contribution in [0.1, 0.15) is 47.5 Å². The van der Waals surface area contributed by atoms with E-state index in [4.69, 9.17) is 18.6 Å². The van der Waals surface area contributed by atoms with Crippen molar-refractivity contribution in [3.8, 4) is 17.2 Å². The van der Waals surface area contributed by atoms with Gasteiger partial charge in [-0.25, -0.2) is 0 Å². The van der Waals surface area contributed by atoms with Crippen molar-refractivity contribution < 1.29 is 28.2 Å². The van der Waals surface area contributed by atoms with Crippen LogP contribution in [0.25, 0.3) is 0 Å². The summed E-state index contributed by atoms with van der Waals surface area (Å²) in [6, 6.07) is 12.1. The molecule has 11 heteroatoms. The summed E-state index contributed by atoms with van der Waals surface area (Å²) in [5.74, 6) is 2.09. The summed E-state index contributed by atoms with van der Waals surface area (Å²) < 4.78 is 23.2. The smallest absolute Gasteiger partial charge is 0.258 e. The quantitative estimate of drug-likeness (QED) is 0.531. The molecule has 0 saturated carbocycles. The Morgan fingerprint density at radius 3 is 2.66 bits per heavy atom. The molecule has 4 heterocycles. The molecule has 0 unspecified atom stereocenters. The summed E-state index contributed by atoms with van der Waals surface area (Å²) in [5.41, 5.74) is 1.30. The molecule has 1 fully saturated rings. The Balaban J connectivity index is 1.40. The van der Waals surface area contributed by atoms with Gasteiger partial charge >= 0.3 is 0 Å². The average Bonchev–Trinajstić information content (AvgIpc) is 3.53. The Labute approximate surface area is 220 Å². The van der Waals surface area contributed by atoms with Crippen LogP contribution in [0.4, 0.5) is 0 Å². The molecule has 11 nitrogen and oxygen atoms in total. The van der Waals surface area contributed by atoms with Crippen molar-refractivity contribution in [1.29, 1.82) is 0 Å². The summed E-state index contributed by atoms with van der Waals surface area (Å²) in [7, 11) is 1.50. The molecule has 6 rings (SSSR count). The number of methoxy groups -OCH3 is 1. The molecule has 2 aromatic carbocycles. The number of benzene rings is 2. The zero-order valence-corrected chi connectivity index (χ0v) is 21.6. The van der Waals surface area contributed by atoms with Gasteiger partial charge in [0.2, 0.25) is 11.8 Å². The minimum atomic E-state index is -0.318. The van der Waals surface area contributed by atoms with E-state index in [-0.39, 0.29) is 36.5 Å². The lowest BCUT2D eigenvalue weighted by Gasteiger charge is -2.21. The van der Waals surface area contributed by atoms with E-state index in [2.05, 4.69) is 25.7 Å². The third-order valence-corrected chi connectivity index (χ3v) is 6.48. The average molecular weight is 522 g/mol. The minimum absolute atomic E-state index is 0.146. The van der Waals surface area contributed by atoms with Gasteiger partial charge in [-0.3, -0.25) is 14.5 Å². The molecule has 200 valence electrons. The van der Waals surface area contributed by atoms with Gasteiger partial charge in [0, 0.05) is 31.1 Å². The van der Waals surface area contributed by atoms with Gasteiger partial charge in [-0.1, -0.05) is 26.0 Å². The van der Waals surface area contributed by atoms with Crippen LogP contribution < -0.4 is 24.8 Å². The van der Waals surface area contributed by atoms with Crippen molar-refractivity contribution in [2.24, 2.45) is 0 Å². The molecule has 1 saturated heterocycles. The predicted octanol–water partition coefficient (Wildman–Crippen LogP) is 2.27. The van der Waals surface area contributed by atoms with Crippen LogP contribution >= 0.6 is 0 Å². The van der Waals surface area contributed by atoms with E-state index in [0.29, 0.717) is 60.8 Å². The molecule has 4 bridgehead atoms. The molecule has 0 radical (unpaired) electrons. The number of nitrogens with zero attached hydrogens (tertiary/aromatic N) is 3. The fourth-order valence-corrected chi connectivity index (χ4v) is 4.43. The summed E-state index contributed by atoms with van der Waals surface area (Å²) in [5, 5.41) is 14.2. The summed E-state index contributed by atoms with van der Waals surface area (Å²) >= 11 is 0. The van der Waals surface area contributed by atoms with Crippen molar-refractivity contribution in [1.82, 2.24) is 25.7 Å². The standard InChI is InChI=1S/C27H31N5O6/c1-16(2)27-31-30-25(38-27)14-32-12-20-23(13-32)37-19-7-4-17(5-8-19)11-28-24(33)15-36-22-10-18(26(34)29-20)6-9-21(22)35-3/h4-10,16,20,23H,11-15H2,1-3H3,(H,28,33)(H,29,34)/t20-,23-/m0/s1. The van der Waals surface area contributed by atoms with Crippen molar-refractivity contribution in [3.63, 3.8) is 0 Å². The van der Waals surface area contributed by atoms with E-state index in [1.54, 1.807) is 18.2 Å². The molecule has 38 heavy (non-hydrogen) atoms. The van der Waals surface area contributed by atoms with Gasteiger partial charge in [0.15, 0.2) is 18.1 Å². The van der Waals surface area contributed by atoms with E-state index in [0.717, 1.165) is 5.56 Å². The van der Waals surface area contributed by atoms with E-state index in [1.807, 2.05) is 38.1 Å². The van der Waals surface area contributed by atoms with Crippen LogP contribution in [0.2, 0.25) is 0 Å². The Hall–Kier alpha value is -4.12. The third kappa shape index (κ3) is 5.88. The number of aromatic nitrogens is 2. The molecular formula is C27H31N5O6. The van der Waals surface area contributed by atoms with Crippen molar-refractivity contribution in [3.05, 3.63) is 65.4 Å². The van der Waals surface area contributed by atoms with Gasteiger partial charge < -0.3 is 29.3 Å². The fraction of sp³-hybridized carbons (Fsp3) is 0.407. The third-order valence-electron chi connectivity index (χ3n) is 6.48. The summed E-state index contributed by atoms with van der Waals surface area (Å²) in [6.45, 7) is 5.68. The maximum Gasteiger partial charge on any atom is 0.258 e. The summed E-state index contributed by atoms with van der Waals surface area (Å²) in [6.07, 6.45) is -0.318. The fourth-order valence-electron chi connectivity index (χ4n) is 4.43. The van der Waals surface area contributed by atoms with Crippen molar-refractivity contribution in [2.45, 2.75) is 45.0 Å². The number of ether oxygens (including phenoxy) is 3. The number of hydrogen-bond donors (Lipinski definition) is 2. The van der Waals surface area contributed by atoms with Crippen LogP contribution in [0.3, 0.4) is 0 Å². The first-order valence-corrected chi connectivity index (χ1v) is 12.6. The number of carbonyl (C=O) groups is 2. The van der Waals surface area contributed by atoms with Gasteiger partial charge in [0.1, 0.15) is 11.9 Å². The first-order valence-electron chi connectivity index (χ1n) is 12.6. The number of nitrogens with one attached hydrogen (secondary N) is 2. The van der Waals surface area contributed by atoms with Gasteiger partial charge in [-0.15, -0.1) is 10.2 Å². The van der Waals surface area contributed by atoms with E-state index in [1.165, 1.54) is 7.11 Å². The van der Waals surface area contributed by atoms with Crippen LogP contribution in [-0.2, 0) is 17.9 Å². The SMILES string of the molecule is COc1ccc2cc1OCC(=O)NCc1ccc(cc1)O[C@H]1CN(Cc3nnc(C(C)C)o3)C[C@@H]1NC2=O. The number of hydrogen-bond acceptors (Lipinski definition) is 9. The van der Waals surface area contributed by atoms with Crippen LogP contribution in [0, 0.1) is 0 Å². The largest absolute Gasteiger partial charge is 0.493 e. The molecule has 2 N–H and O–H groups in total. The molecule has 1 aromatic heterocycles. The predicted molar refractivity (Wildman–Crippen MR) is 136 cm³/mol. The Kier molecular flexibility index (Phi) is 7.45. The topological polar surface area (TPSA) is 128 Å². The van der Waals surface area contributed by atoms with Crippen LogP contribution in [0.15, 0.2) is 46.9 Å². The second kappa shape index (κ2) is 11.1. The molecule has 3 aliphatic rings. The van der Waals surface area contributed by atoms with Crippen molar-refractivity contribution >= 4 is 11.8 Å². The second-order valence-electron chi connectivity index (χ2n) is 9.69. The van der Waals surface area contributed by atoms with Gasteiger partial charge in [0.05, 0.1) is 19.7 Å². The molecule has 0 spiro atoms. The second-order valence-corrected chi connectivity index (χ2v) is 9.69. The van der Waals surface area contributed by atoms with Gasteiger partial charge in [-0.2, -0.15) is 0 Å². The number of rotatable bonds is 4. The van der Waals surface area contributed by atoms with Gasteiger partial charge in [-0.05, 0) is 35.9 Å². The molecule has 2 atom stereocenters. The number of likely N-dealkylation sites (tertiary alicyclic amines) is 1. The maximum atomic E-state index is 13.3. The lowest BCUT2D eigenvalue weighted by Crippen LogP contribution is -2.45. The highest BCUT2D eigenvalue weighted by molar-refractivity contribution is 5.95. The van der Waals surface area contributed by atoms with Crippen molar-refractivity contribution in [2.75, 3.05) is 26.8 Å². The monoisotopic (exact) mass is 521 g/mol. The first-order chi connectivity index (χ1) is 18.4. The number of carbonyl (C=O) groups excluding carboxylic acids is 2. The van der Waals surface area contributed by atoms with Crippen LogP contribution in [-0.4, -0.2) is 65.9 Å².